The van der Waals surface area contributed by atoms with Crippen LogP contribution in [0.15, 0.2) is 28.8 Å². The summed E-state index contributed by atoms with van der Waals surface area (Å²) < 4.78 is 15.6. The third kappa shape index (κ3) is 2.67. The molecule has 0 spiro atoms. The molecule has 0 saturated carbocycles. The summed E-state index contributed by atoms with van der Waals surface area (Å²) in [6, 6.07) is 6.53. The van der Waals surface area contributed by atoms with Gasteiger partial charge in [-0.05, 0) is 19.1 Å². The van der Waals surface area contributed by atoms with Gasteiger partial charge in [-0.3, -0.25) is 0 Å². The number of carbonyl (C=O) groups is 1. The average Bonchev–Trinajstić information content (AvgIpc) is 2.88. The van der Waals surface area contributed by atoms with Crippen LogP contribution in [0.2, 0.25) is 0 Å². The Hall–Kier alpha value is -2.50. The fraction of sp³-hybridized carbons (Fsp3) is 0.231. The van der Waals surface area contributed by atoms with Crippen molar-refractivity contribution in [3.8, 4) is 22.8 Å². The normalized spacial score (nSPS) is 10.2. The lowest BCUT2D eigenvalue weighted by Crippen LogP contribution is -1.95. The Labute approximate surface area is 109 Å². The van der Waals surface area contributed by atoms with Gasteiger partial charge in [0.1, 0.15) is 11.5 Å². The van der Waals surface area contributed by atoms with Gasteiger partial charge in [0.2, 0.25) is 0 Å². The summed E-state index contributed by atoms with van der Waals surface area (Å²) in [5, 5.41) is 12.3. The Morgan fingerprint density at radius 3 is 2.79 bits per heavy atom. The van der Waals surface area contributed by atoms with E-state index in [1.54, 1.807) is 25.3 Å². The Balaban J connectivity index is 2.44. The van der Waals surface area contributed by atoms with Gasteiger partial charge in [0.15, 0.2) is 11.5 Å². The van der Waals surface area contributed by atoms with Gasteiger partial charge in [-0.2, -0.15) is 0 Å². The molecule has 1 heterocycles. The molecule has 0 bridgehead atoms. The Kier molecular flexibility index (Phi) is 3.70. The fourth-order valence-corrected chi connectivity index (χ4v) is 1.61. The van der Waals surface area contributed by atoms with Gasteiger partial charge in [-0.1, -0.05) is 5.16 Å². The topological polar surface area (TPSA) is 81.8 Å². The molecule has 6 heteroatoms. The van der Waals surface area contributed by atoms with Crippen molar-refractivity contribution in [3.63, 3.8) is 0 Å². The first-order valence-electron chi connectivity index (χ1n) is 5.67. The number of nitrogens with zero attached hydrogens (tertiary/aromatic N) is 1. The molecule has 1 aromatic carbocycles. The van der Waals surface area contributed by atoms with Crippen LogP contribution in [0.5, 0.6) is 11.5 Å². The predicted molar refractivity (Wildman–Crippen MR) is 66.6 cm³/mol. The Morgan fingerprint density at radius 1 is 1.42 bits per heavy atom. The molecule has 100 valence electrons. The van der Waals surface area contributed by atoms with E-state index in [0.717, 1.165) is 0 Å². The van der Waals surface area contributed by atoms with E-state index in [0.29, 0.717) is 29.4 Å². The molecule has 1 N–H and O–H groups in total. The summed E-state index contributed by atoms with van der Waals surface area (Å²) in [6.45, 7) is 2.33. The highest BCUT2D eigenvalue weighted by atomic mass is 16.5. The van der Waals surface area contributed by atoms with Crippen molar-refractivity contribution in [2.75, 3.05) is 13.7 Å². The van der Waals surface area contributed by atoms with Crippen LogP contribution in [-0.2, 0) is 0 Å². The minimum atomic E-state index is -1.14. The number of carboxylic acids is 1. The van der Waals surface area contributed by atoms with Gasteiger partial charge in [0.25, 0.3) is 0 Å². The number of aromatic carboxylic acids is 1. The van der Waals surface area contributed by atoms with E-state index in [1.807, 2.05) is 6.92 Å². The predicted octanol–water partition coefficient (Wildman–Crippen LogP) is 2.45. The zero-order valence-electron chi connectivity index (χ0n) is 10.5. The summed E-state index contributed by atoms with van der Waals surface area (Å²) in [5.74, 6) is 0.394. The first kappa shape index (κ1) is 12.9. The zero-order chi connectivity index (χ0) is 13.8. The van der Waals surface area contributed by atoms with Gasteiger partial charge in [-0.15, -0.1) is 0 Å². The standard InChI is InChI=1S/C13H13NO5/c1-3-18-11-6-8(17-2)4-5-9(11)12-7-10(13(15)16)14-19-12/h4-7H,3H2,1-2H3,(H,15,16). The lowest BCUT2D eigenvalue weighted by Gasteiger charge is -2.09. The van der Waals surface area contributed by atoms with E-state index in [-0.39, 0.29) is 5.69 Å². The molecular formula is C13H13NO5. The van der Waals surface area contributed by atoms with Gasteiger partial charge in [0.05, 0.1) is 19.3 Å². The maximum absolute atomic E-state index is 10.8. The van der Waals surface area contributed by atoms with Crippen LogP contribution in [0, 0.1) is 0 Å². The summed E-state index contributed by atoms with van der Waals surface area (Å²) in [5.41, 5.74) is 0.482. The van der Waals surface area contributed by atoms with E-state index in [1.165, 1.54) is 6.07 Å². The second-order valence-corrected chi connectivity index (χ2v) is 3.68. The largest absolute Gasteiger partial charge is 0.497 e. The molecule has 0 aliphatic heterocycles. The first-order chi connectivity index (χ1) is 9.15. The summed E-state index contributed by atoms with van der Waals surface area (Å²) in [7, 11) is 1.56. The summed E-state index contributed by atoms with van der Waals surface area (Å²) in [4.78, 5) is 10.8. The minimum Gasteiger partial charge on any atom is -0.497 e. The van der Waals surface area contributed by atoms with Crippen molar-refractivity contribution in [1.82, 2.24) is 5.16 Å². The van der Waals surface area contributed by atoms with E-state index < -0.39 is 5.97 Å². The van der Waals surface area contributed by atoms with Gasteiger partial charge in [0, 0.05) is 12.1 Å². The second-order valence-electron chi connectivity index (χ2n) is 3.68. The quantitative estimate of drug-likeness (QED) is 0.892. The SMILES string of the molecule is CCOc1cc(OC)ccc1-c1cc(C(=O)O)no1. The molecule has 0 atom stereocenters. The van der Waals surface area contributed by atoms with Crippen molar-refractivity contribution >= 4 is 5.97 Å². The molecule has 0 radical (unpaired) electrons. The van der Waals surface area contributed by atoms with Crippen LogP contribution >= 0.6 is 0 Å². The number of carboxylic acid groups (broad SMARTS) is 1. The van der Waals surface area contributed by atoms with Crippen LogP contribution in [0.1, 0.15) is 17.4 Å². The number of methoxy groups -OCH3 is 1. The maximum Gasteiger partial charge on any atom is 0.358 e. The molecular weight excluding hydrogens is 250 g/mol. The second kappa shape index (κ2) is 5.43. The smallest absolute Gasteiger partial charge is 0.358 e. The maximum atomic E-state index is 10.8. The highest BCUT2D eigenvalue weighted by Crippen LogP contribution is 2.33. The van der Waals surface area contributed by atoms with E-state index in [9.17, 15) is 4.79 Å². The number of hydrogen-bond donors (Lipinski definition) is 1. The van der Waals surface area contributed by atoms with Gasteiger partial charge < -0.3 is 19.1 Å². The first-order valence-corrected chi connectivity index (χ1v) is 5.67. The lowest BCUT2D eigenvalue weighted by atomic mass is 10.1. The van der Waals surface area contributed by atoms with Crippen LogP contribution in [0.25, 0.3) is 11.3 Å². The Morgan fingerprint density at radius 2 is 2.21 bits per heavy atom. The molecule has 1 aromatic heterocycles. The number of rotatable bonds is 5. The summed E-state index contributed by atoms with van der Waals surface area (Å²) >= 11 is 0. The Bertz CT molecular complexity index is 590. The van der Waals surface area contributed by atoms with Crippen molar-refractivity contribution in [3.05, 3.63) is 30.0 Å². The van der Waals surface area contributed by atoms with Crippen molar-refractivity contribution < 1.29 is 23.9 Å². The molecule has 0 amide bonds. The molecule has 2 rings (SSSR count). The number of ether oxygens (including phenoxy) is 2. The molecule has 0 fully saturated rings. The van der Waals surface area contributed by atoms with Gasteiger partial charge in [-0.25, -0.2) is 4.79 Å². The van der Waals surface area contributed by atoms with Crippen molar-refractivity contribution in [1.29, 1.82) is 0 Å². The van der Waals surface area contributed by atoms with E-state index >= 15 is 0 Å². The third-order valence-corrected chi connectivity index (χ3v) is 2.48. The molecule has 0 aliphatic carbocycles. The molecule has 2 aromatic rings. The van der Waals surface area contributed by atoms with Gasteiger partial charge >= 0.3 is 5.97 Å². The molecule has 6 nitrogen and oxygen atoms in total. The minimum absolute atomic E-state index is 0.145. The van der Waals surface area contributed by atoms with Crippen LogP contribution in [0.3, 0.4) is 0 Å². The van der Waals surface area contributed by atoms with Crippen LogP contribution in [-0.4, -0.2) is 29.9 Å². The lowest BCUT2D eigenvalue weighted by molar-refractivity contribution is 0.0686. The average molecular weight is 263 g/mol. The van der Waals surface area contributed by atoms with Crippen molar-refractivity contribution in [2.45, 2.75) is 6.92 Å². The van der Waals surface area contributed by atoms with Crippen molar-refractivity contribution in [2.24, 2.45) is 0 Å². The third-order valence-electron chi connectivity index (χ3n) is 2.48. The molecule has 0 aliphatic rings. The van der Waals surface area contributed by atoms with Crippen LogP contribution < -0.4 is 9.47 Å². The summed E-state index contributed by atoms with van der Waals surface area (Å²) in [6.07, 6.45) is 0. The molecule has 0 unspecified atom stereocenters. The number of aromatic nitrogens is 1. The number of benzene rings is 1. The fourth-order valence-electron chi connectivity index (χ4n) is 1.61. The monoisotopic (exact) mass is 263 g/mol. The highest BCUT2D eigenvalue weighted by Gasteiger charge is 2.16. The molecule has 0 saturated heterocycles. The number of hydrogen-bond acceptors (Lipinski definition) is 5. The van der Waals surface area contributed by atoms with E-state index in [4.69, 9.17) is 19.1 Å². The van der Waals surface area contributed by atoms with E-state index in [2.05, 4.69) is 5.16 Å². The van der Waals surface area contributed by atoms with Crippen LogP contribution in [0.4, 0.5) is 0 Å². The zero-order valence-corrected chi connectivity index (χ0v) is 10.5. The molecule has 19 heavy (non-hydrogen) atoms. The highest BCUT2D eigenvalue weighted by molar-refractivity contribution is 5.86.